The van der Waals surface area contributed by atoms with Gasteiger partial charge in [0.05, 0.1) is 12.7 Å². The fourth-order valence-electron chi connectivity index (χ4n) is 1.13. The summed E-state index contributed by atoms with van der Waals surface area (Å²) in [4.78, 5) is 0. The summed E-state index contributed by atoms with van der Waals surface area (Å²) in [6.07, 6.45) is 0. The lowest BCUT2D eigenvalue weighted by molar-refractivity contribution is 0.412. The number of aromatic hydroxyl groups is 1. The molecular formula is C9H7IN2O2S. The van der Waals surface area contributed by atoms with Crippen LogP contribution in [-0.4, -0.2) is 22.4 Å². The zero-order valence-corrected chi connectivity index (χ0v) is 10.7. The Morgan fingerprint density at radius 3 is 2.80 bits per heavy atom. The number of methoxy groups -OCH3 is 1. The summed E-state index contributed by atoms with van der Waals surface area (Å²) in [5.41, 5.74) is 0.648. The zero-order chi connectivity index (χ0) is 10.8. The number of phenols is 1. The molecule has 0 spiro atoms. The summed E-state index contributed by atoms with van der Waals surface area (Å²) < 4.78 is 5.92. The standard InChI is InChI=1S/C9H7IN2O2S/c1-14-5-2-3-7(13)6(4-5)8-11-12-9(10)15-8/h2-4,13H,1H3. The van der Waals surface area contributed by atoms with Crippen molar-refractivity contribution in [3.8, 4) is 22.1 Å². The Kier molecular flexibility index (Phi) is 3.06. The largest absolute Gasteiger partial charge is 0.507 e. The lowest BCUT2D eigenvalue weighted by atomic mass is 10.2. The number of phenolic OH excluding ortho intramolecular Hbond substituents is 1. The molecule has 0 saturated carbocycles. The van der Waals surface area contributed by atoms with E-state index in [1.807, 2.05) is 0 Å². The van der Waals surface area contributed by atoms with Gasteiger partial charge in [-0.1, -0.05) is 11.3 Å². The second kappa shape index (κ2) is 4.31. The predicted octanol–water partition coefficient (Wildman–Crippen LogP) is 2.52. The van der Waals surface area contributed by atoms with E-state index in [1.165, 1.54) is 11.3 Å². The minimum atomic E-state index is 0.184. The Balaban J connectivity index is 2.51. The molecule has 0 aliphatic heterocycles. The van der Waals surface area contributed by atoms with E-state index in [1.54, 1.807) is 25.3 Å². The van der Waals surface area contributed by atoms with Crippen LogP contribution in [0.15, 0.2) is 18.2 Å². The van der Waals surface area contributed by atoms with E-state index < -0.39 is 0 Å². The third-order valence-electron chi connectivity index (χ3n) is 1.83. The van der Waals surface area contributed by atoms with E-state index in [-0.39, 0.29) is 5.75 Å². The molecule has 1 heterocycles. The van der Waals surface area contributed by atoms with Crippen molar-refractivity contribution in [3.05, 3.63) is 21.2 Å². The summed E-state index contributed by atoms with van der Waals surface area (Å²) >= 11 is 3.51. The number of aromatic nitrogens is 2. The molecule has 15 heavy (non-hydrogen) atoms. The molecule has 0 atom stereocenters. The highest BCUT2D eigenvalue weighted by molar-refractivity contribution is 14.1. The average Bonchev–Trinajstić information content (AvgIpc) is 2.65. The second-order valence-electron chi connectivity index (χ2n) is 2.74. The highest BCUT2D eigenvalue weighted by Crippen LogP contribution is 2.34. The number of nitrogens with zero attached hydrogens (tertiary/aromatic N) is 2. The lowest BCUT2D eigenvalue weighted by Gasteiger charge is -2.03. The van der Waals surface area contributed by atoms with Crippen LogP contribution >= 0.6 is 33.9 Å². The number of halogens is 1. The second-order valence-corrected chi connectivity index (χ2v) is 5.47. The lowest BCUT2D eigenvalue weighted by Crippen LogP contribution is -1.84. The molecule has 6 heteroatoms. The molecule has 1 N–H and O–H groups in total. The Bertz CT molecular complexity index is 487. The molecule has 1 aromatic heterocycles. The molecular weight excluding hydrogens is 327 g/mol. The van der Waals surface area contributed by atoms with E-state index in [4.69, 9.17) is 4.74 Å². The van der Waals surface area contributed by atoms with Crippen molar-refractivity contribution >= 4 is 33.9 Å². The number of benzene rings is 1. The monoisotopic (exact) mass is 334 g/mol. The van der Waals surface area contributed by atoms with Gasteiger partial charge in [0.1, 0.15) is 11.5 Å². The molecule has 0 radical (unpaired) electrons. The molecule has 1 aromatic carbocycles. The maximum atomic E-state index is 9.67. The average molecular weight is 334 g/mol. The molecule has 4 nitrogen and oxygen atoms in total. The zero-order valence-electron chi connectivity index (χ0n) is 7.77. The van der Waals surface area contributed by atoms with E-state index in [0.29, 0.717) is 16.3 Å². The van der Waals surface area contributed by atoms with Gasteiger partial charge in [0.25, 0.3) is 0 Å². The Morgan fingerprint density at radius 1 is 1.40 bits per heavy atom. The number of hydrogen-bond acceptors (Lipinski definition) is 5. The third kappa shape index (κ3) is 2.20. The number of rotatable bonds is 2. The van der Waals surface area contributed by atoms with Gasteiger partial charge in [-0.3, -0.25) is 0 Å². The maximum Gasteiger partial charge on any atom is 0.178 e. The normalized spacial score (nSPS) is 10.3. The van der Waals surface area contributed by atoms with E-state index in [2.05, 4.69) is 32.8 Å². The van der Waals surface area contributed by atoms with Crippen LogP contribution in [0.5, 0.6) is 11.5 Å². The summed E-state index contributed by atoms with van der Waals surface area (Å²) in [7, 11) is 1.58. The van der Waals surface area contributed by atoms with Crippen molar-refractivity contribution in [3.63, 3.8) is 0 Å². The Morgan fingerprint density at radius 2 is 2.20 bits per heavy atom. The highest BCUT2D eigenvalue weighted by Gasteiger charge is 2.10. The molecule has 0 saturated heterocycles. The van der Waals surface area contributed by atoms with E-state index >= 15 is 0 Å². The van der Waals surface area contributed by atoms with Crippen molar-refractivity contribution in [1.82, 2.24) is 10.2 Å². The van der Waals surface area contributed by atoms with Gasteiger partial charge < -0.3 is 9.84 Å². The first-order valence-corrected chi connectivity index (χ1v) is 5.96. The fraction of sp³-hybridized carbons (Fsp3) is 0.111. The van der Waals surface area contributed by atoms with Gasteiger partial charge in [-0.15, -0.1) is 10.2 Å². The SMILES string of the molecule is COc1ccc(O)c(-c2nnc(I)s2)c1. The van der Waals surface area contributed by atoms with Gasteiger partial charge in [0.2, 0.25) is 0 Å². The number of ether oxygens (including phenoxy) is 1. The van der Waals surface area contributed by atoms with Crippen LogP contribution in [0.25, 0.3) is 10.6 Å². The predicted molar refractivity (Wildman–Crippen MR) is 66.3 cm³/mol. The van der Waals surface area contributed by atoms with Crippen LogP contribution in [0.3, 0.4) is 0 Å². The first-order chi connectivity index (χ1) is 7.20. The molecule has 2 aromatic rings. The summed E-state index contributed by atoms with van der Waals surface area (Å²) in [6.45, 7) is 0. The molecule has 78 valence electrons. The van der Waals surface area contributed by atoms with Gasteiger partial charge in [-0.2, -0.15) is 0 Å². The number of hydrogen-bond donors (Lipinski definition) is 1. The van der Waals surface area contributed by atoms with Crippen molar-refractivity contribution in [2.45, 2.75) is 0 Å². The van der Waals surface area contributed by atoms with Crippen LogP contribution in [0.4, 0.5) is 0 Å². The van der Waals surface area contributed by atoms with Gasteiger partial charge in [-0.25, -0.2) is 0 Å². The van der Waals surface area contributed by atoms with E-state index in [0.717, 1.165) is 3.01 Å². The Hall–Kier alpha value is -0.890. The van der Waals surface area contributed by atoms with Gasteiger partial charge in [0, 0.05) is 0 Å². The topological polar surface area (TPSA) is 55.2 Å². The summed E-state index contributed by atoms with van der Waals surface area (Å²) in [5, 5.41) is 18.2. The third-order valence-corrected chi connectivity index (χ3v) is 3.46. The molecule has 0 unspecified atom stereocenters. The maximum absolute atomic E-state index is 9.67. The van der Waals surface area contributed by atoms with Gasteiger partial charge >= 0.3 is 0 Å². The van der Waals surface area contributed by atoms with Crippen LogP contribution in [0.2, 0.25) is 0 Å². The molecule has 0 amide bonds. The van der Waals surface area contributed by atoms with Gasteiger partial charge in [0.15, 0.2) is 8.02 Å². The summed E-state index contributed by atoms with van der Waals surface area (Å²) in [6, 6.07) is 5.03. The van der Waals surface area contributed by atoms with Crippen molar-refractivity contribution in [1.29, 1.82) is 0 Å². The van der Waals surface area contributed by atoms with Crippen molar-refractivity contribution in [2.75, 3.05) is 7.11 Å². The van der Waals surface area contributed by atoms with Crippen LogP contribution < -0.4 is 4.74 Å². The van der Waals surface area contributed by atoms with Gasteiger partial charge in [-0.05, 0) is 40.8 Å². The van der Waals surface area contributed by atoms with Crippen LogP contribution in [-0.2, 0) is 0 Å². The first kappa shape index (κ1) is 10.6. The van der Waals surface area contributed by atoms with Crippen molar-refractivity contribution < 1.29 is 9.84 Å². The highest BCUT2D eigenvalue weighted by atomic mass is 127. The first-order valence-electron chi connectivity index (χ1n) is 4.07. The van der Waals surface area contributed by atoms with Crippen LogP contribution in [0, 0.1) is 3.01 Å². The molecule has 2 rings (SSSR count). The molecule has 0 fully saturated rings. The molecule has 0 aliphatic carbocycles. The smallest absolute Gasteiger partial charge is 0.178 e. The van der Waals surface area contributed by atoms with Crippen molar-refractivity contribution in [2.24, 2.45) is 0 Å². The summed E-state index contributed by atoms with van der Waals surface area (Å²) in [5.74, 6) is 0.872. The van der Waals surface area contributed by atoms with E-state index in [9.17, 15) is 5.11 Å². The molecule has 0 aliphatic rings. The fourth-order valence-corrected chi connectivity index (χ4v) is 2.46. The Labute approximate surface area is 104 Å². The minimum Gasteiger partial charge on any atom is -0.507 e. The van der Waals surface area contributed by atoms with Crippen LogP contribution in [0.1, 0.15) is 0 Å². The minimum absolute atomic E-state index is 0.184. The molecule has 0 bridgehead atoms. The quantitative estimate of drug-likeness (QED) is 0.858.